The highest BCUT2D eigenvalue weighted by Gasteiger charge is 2.28. The van der Waals surface area contributed by atoms with Gasteiger partial charge in [0.05, 0.1) is 6.54 Å². The Morgan fingerprint density at radius 3 is 2.57 bits per heavy atom. The molecule has 1 aromatic heterocycles. The van der Waals surface area contributed by atoms with E-state index < -0.39 is 0 Å². The van der Waals surface area contributed by atoms with Gasteiger partial charge in [-0.2, -0.15) is 0 Å². The molecule has 1 N–H and O–H groups in total. The van der Waals surface area contributed by atoms with Crippen molar-refractivity contribution in [2.24, 2.45) is 11.8 Å². The summed E-state index contributed by atoms with van der Waals surface area (Å²) < 4.78 is 5.37. The first kappa shape index (κ1) is 20.1. The summed E-state index contributed by atoms with van der Waals surface area (Å²) in [5, 5.41) is 6.72. The van der Waals surface area contributed by atoms with Crippen LogP contribution in [-0.2, 0) is 17.9 Å². The second kappa shape index (κ2) is 9.53. The summed E-state index contributed by atoms with van der Waals surface area (Å²) in [4.78, 5) is 27.0. The Kier molecular flexibility index (Phi) is 6.85. The van der Waals surface area contributed by atoms with Crippen LogP contribution in [0.4, 0.5) is 0 Å². The maximum atomic E-state index is 13.1. The SMILES string of the molecule is CC(C)CNC(=O)c1cc(CN(Cc2ccccc2)C(=O)C2CCCC2)on1. The summed E-state index contributed by atoms with van der Waals surface area (Å²) in [7, 11) is 0. The van der Waals surface area contributed by atoms with Gasteiger partial charge in [-0.3, -0.25) is 9.59 Å². The van der Waals surface area contributed by atoms with Crippen LogP contribution in [0.5, 0.6) is 0 Å². The van der Waals surface area contributed by atoms with Crippen LogP contribution >= 0.6 is 0 Å². The van der Waals surface area contributed by atoms with Crippen molar-refractivity contribution in [1.82, 2.24) is 15.4 Å². The fraction of sp³-hybridized carbons (Fsp3) is 0.500. The average Bonchev–Trinajstić information content (AvgIpc) is 3.38. The number of rotatable bonds is 8. The van der Waals surface area contributed by atoms with E-state index in [1.807, 2.05) is 49.1 Å². The molecule has 0 saturated heterocycles. The molecular formula is C22H29N3O3. The maximum Gasteiger partial charge on any atom is 0.273 e. The fourth-order valence-electron chi connectivity index (χ4n) is 3.52. The van der Waals surface area contributed by atoms with Crippen LogP contribution in [-0.4, -0.2) is 28.4 Å². The molecular weight excluding hydrogens is 354 g/mol. The van der Waals surface area contributed by atoms with E-state index in [1.165, 1.54) is 0 Å². The van der Waals surface area contributed by atoms with Crippen molar-refractivity contribution in [3.63, 3.8) is 0 Å². The van der Waals surface area contributed by atoms with E-state index in [4.69, 9.17) is 4.52 Å². The quantitative estimate of drug-likeness (QED) is 0.753. The monoisotopic (exact) mass is 383 g/mol. The van der Waals surface area contributed by atoms with Crippen molar-refractivity contribution >= 4 is 11.8 Å². The van der Waals surface area contributed by atoms with E-state index in [0.717, 1.165) is 31.2 Å². The second-order valence-electron chi connectivity index (χ2n) is 7.94. The van der Waals surface area contributed by atoms with Crippen molar-refractivity contribution in [3.8, 4) is 0 Å². The van der Waals surface area contributed by atoms with Gasteiger partial charge in [0.25, 0.3) is 5.91 Å². The molecule has 28 heavy (non-hydrogen) atoms. The number of amides is 2. The van der Waals surface area contributed by atoms with E-state index in [-0.39, 0.29) is 23.4 Å². The number of benzene rings is 1. The first-order chi connectivity index (χ1) is 13.5. The van der Waals surface area contributed by atoms with Crippen LogP contribution in [0.2, 0.25) is 0 Å². The third-order valence-electron chi connectivity index (χ3n) is 5.04. The molecule has 1 aliphatic carbocycles. The lowest BCUT2D eigenvalue weighted by molar-refractivity contribution is -0.137. The van der Waals surface area contributed by atoms with Gasteiger partial charge in [0.15, 0.2) is 11.5 Å². The molecule has 1 heterocycles. The lowest BCUT2D eigenvalue weighted by Crippen LogP contribution is -2.34. The van der Waals surface area contributed by atoms with Crippen LogP contribution in [0.3, 0.4) is 0 Å². The Morgan fingerprint density at radius 1 is 1.18 bits per heavy atom. The molecule has 0 bridgehead atoms. The van der Waals surface area contributed by atoms with E-state index in [2.05, 4.69) is 10.5 Å². The molecule has 0 radical (unpaired) electrons. The molecule has 0 aliphatic heterocycles. The molecule has 6 heteroatoms. The van der Waals surface area contributed by atoms with E-state index in [0.29, 0.717) is 31.3 Å². The minimum absolute atomic E-state index is 0.0837. The largest absolute Gasteiger partial charge is 0.359 e. The summed E-state index contributed by atoms with van der Waals surface area (Å²) >= 11 is 0. The molecule has 1 fully saturated rings. The van der Waals surface area contributed by atoms with Gasteiger partial charge >= 0.3 is 0 Å². The van der Waals surface area contributed by atoms with Crippen molar-refractivity contribution in [1.29, 1.82) is 0 Å². The number of carbonyl (C=O) groups excluding carboxylic acids is 2. The Morgan fingerprint density at radius 2 is 1.89 bits per heavy atom. The van der Waals surface area contributed by atoms with Gasteiger partial charge in [0.1, 0.15) is 0 Å². The molecule has 1 aromatic carbocycles. The Labute approximate surface area is 166 Å². The van der Waals surface area contributed by atoms with Crippen LogP contribution in [0.25, 0.3) is 0 Å². The topological polar surface area (TPSA) is 75.4 Å². The van der Waals surface area contributed by atoms with Gasteiger partial charge < -0.3 is 14.7 Å². The van der Waals surface area contributed by atoms with Crippen molar-refractivity contribution in [2.75, 3.05) is 6.54 Å². The molecule has 1 saturated carbocycles. The van der Waals surface area contributed by atoms with Gasteiger partial charge in [0.2, 0.25) is 5.91 Å². The summed E-state index contributed by atoms with van der Waals surface area (Å²) in [5.41, 5.74) is 1.33. The minimum Gasteiger partial charge on any atom is -0.359 e. The predicted octanol–water partition coefficient (Wildman–Crippen LogP) is 3.78. The van der Waals surface area contributed by atoms with Gasteiger partial charge in [-0.05, 0) is 24.3 Å². The number of hydrogen-bond donors (Lipinski definition) is 1. The van der Waals surface area contributed by atoms with Crippen molar-refractivity contribution in [3.05, 3.63) is 53.4 Å². The number of aromatic nitrogens is 1. The van der Waals surface area contributed by atoms with E-state index in [1.54, 1.807) is 6.07 Å². The molecule has 3 rings (SSSR count). The lowest BCUT2D eigenvalue weighted by atomic mass is 10.1. The molecule has 150 valence electrons. The van der Waals surface area contributed by atoms with Crippen molar-refractivity contribution < 1.29 is 14.1 Å². The minimum atomic E-state index is -0.250. The highest BCUT2D eigenvalue weighted by atomic mass is 16.5. The molecule has 0 spiro atoms. The van der Waals surface area contributed by atoms with E-state index >= 15 is 0 Å². The Balaban J connectivity index is 1.70. The first-order valence-electron chi connectivity index (χ1n) is 10.1. The normalized spacial score (nSPS) is 14.4. The highest BCUT2D eigenvalue weighted by Crippen LogP contribution is 2.28. The standard InChI is InChI=1S/C22H29N3O3/c1-16(2)13-23-21(26)20-12-19(28-24-20)15-25(14-17-8-4-3-5-9-17)22(27)18-10-6-7-11-18/h3-5,8-9,12,16,18H,6-7,10-11,13-15H2,1-2H3,(H,23,26). The molecule has 2 aromatic rings. The van der Waals surface area contributed by atoms with E-state index in [9.17, 15) is 9.59 Å². The zero-order valence-corrected chi connectivity index (χ0v) is 16.7. The van der Waals surface area contributed by atoms with Gasteiger partial charge in [-0.1, -0.05) is 62.2 Å². The number of carbonyl (C=O) groups is 2. The van der Waals surface area contributed by atoms with Crippen LogP contribution in [0.15, 0.2) is 40.9 Å². The fourth-order valence-corrected chi connectivity index (χ4v) is 3.52. The zero-order chi connectivity index (χ0) is 19.9. The third-order valence-corrected chi connectivity index (χ3v) is 5.04. The Bertz CT molecular complexity index is 779. The van der Waals surface area contributed by atoms with Gasteiger partial charge in [0, 0.05) is 25.1 Å². The number of hydrogen-bond acceptors (Lipinski definition) is 4. The number of nitrogens with one attached hydrogen (secondary N) is 1. The smallest absolute Gasteiger partial charge is 0.273 e. The maximum absolute atomic E-state index is 13.1. The zero-order valence-electron chi connectivity index (χ0n) is 16.7. The number of nitrogens with zero attached hydrogens (tertiary/aromatic N) is 2. The summed E-state index contributed by atoms with van der Waals surface area (Å²) in [6.07, 6.45) is 4.11. The average molecular weight is 383 g/mol. The van der Waals surface area contributed by atoms with Crippen LogP contribution in [0, 0.1) is 11.8 Å². The van der Waals surface area contributed by atoms with Gasteiger partial charge in [-0.25, -0.2) is 0 Å². The van der Waals surface area contributed by atoms with Crippen molar-refractivity contribution in [2.45, 2.75) is 52.6 Å². The second-order valence-corrected chi connectivity index (χ2v) is 7.94. The Hall–Kier alpha value is -2.63. The molecule has 0 unspecified atom stereocenters. The first-order valence-corrected chi connectivity index (χ1v) is 10.1. The summed E-state index contributed by atoms with van der Waals surface area (Å²) in [5.74, 6) is 0.877. The van der Waals surface area contributed by atoms with Crippen LogP contribution in [0.1, 0.15) is 61.3 Å². The predicted molar refractivity (Wildman–Crippen MR) is 106 cm³/mol. The van der Waals surface area contributed by atoms with Crippen LogP contribution < -0.4 is 5.32 Å². The molecule has 0 atom stereocenters. The lowest BCUT2D eigenvalue weighted by Gasteiger charge is -2.24. The molecule has 6 nitrogen and oxygen atoms in total. The molecule has 1 aliphatic rings. The summed E-state index contributed by atoms with van der Waals surface area (Å²) in [6, 6.07) is 11.6. The summed E-state index contributed by atoms with van der Waals surface area (Å²) in [6.45, 7) is 5.48. The molecule has 2 amide bonds. The highest BCUT2D eigenvalue weighted by molar-refractivity contribution is 5.92. The van der Waals surface area contributed by atoms with Gasteiger partial charge in [-0.15, -0.1) is 0 Å². The third kappa shape index (κ3) is 5.44.